The van der Waals surface area contributed by atoms with Gasteiger partial charge in [-0.2, -0.15) is 0 Å². The van der Waals surface area contributed by atoms with E-state index in [0.717, 1.165) is 24.2 Å². The molecule has 0 bridgehead atoms. The van der Waals surface area contributed by atoms with Crippen molar-refractivity contribution >= 4 is 27.7 Å². The van der Waals surface area contributed by atoms with E-state index in [1.807, 2.05) is 23.9 Å². The summed E-state index contributed by atoms with van der Waals surface area (Å²) in [5.41, 5.74) is 6.38. The number of hydrogen-bond donors (Lipinski definition) is 1. The van der Waals surface area contributed by atoms with E-state index in [0.29, 0.717) is 4.47 Å². The van der Waals surface area contributed by atoms with Crippen molar-refractivity contribution in [2.75, 3.05) is 5.75 Å². The van der Waals surface area contributed by atoms with E-state index >= 15 is 0 Å². The van der Waals surface area contributed by atoms with Gasteiger partial charge in [0, 0.05) is 23.1 Å². The summed E-state index contributed by atoms with van der Waals surface area (Å²) >= 11 is 5.14. The third-order valence-electron chi connectivity index (χ3n) is 4.33. The molecule has 4 heteroatoms. The first-order valence-electron chi connectivity index (χ1n) is 7.37. The van der Waals surface area contributed by atoms with Gasteiger partial charge in [0.1, 0.15) is 5.82 Å². The maximum atomic E-state index is 13.6. The number of hydrogen-bond acceptors (Lipinski definition) is 2. The van der Waals surface area contributed by atoms with E-state index in [9.17, 15) is 4.39 Å². The number of dihydropyridines is 1. The molecule has 2 aliphatic heterocycles. The molecule has 0 amide bonds. The Hall–Kier alpha value is -1.26. The van der Waals surface area contributed by atoms with Crippen LogP contribution in [-0.4, -0.2) is 5.75 Å². The molecule has 3 aliphatic rings. The summed E-state index contributed by atoms with van der Waals surface area (Å²) in [4.78, 5) is 0. The number of rotatable bonds is 1. The first kappa shape index (κ1) is 14.3. The Morgan fingerprint density at radius 1 is 1.18 bits per heavy atom. The highest BCUT2D eigenvalue weighted by molar-refractivity contribution is 9.10. The van der Waals surface area contributed by atoms with Crippen molar-refractivity contribution in [3.05, 3.63) is 80.2 Å². The zero-order chi connectivity index (χ0) is 15.1. The van der Waals surface area contributed by atoms with E-state index in [1.54, 1.807) is 6.07 Å². The van der Waals surface area contributed by atoms with Gasteiger partial charge in [0.05, 0.1) is 4.47 Å². The summed E-state index contributed by atoms with van der Waals surface area (Å²) in [6, 6.07) is 5.37. The Morgan fingerprint density at radius 3 is 2.91 bits per heavy atom. The van der Waals surface area contributed by atoms with Crippen LogP contribution in [-0.2, 0) is 0 Å². The van der Waals surface area contributed by atoms with Crippen molar-refractivity contribution in [1.82, 2.24) is 5.32 Å². The summed E-state index contributed by atoms with van der Waals surface area (Å²) in [7, 11) is 0. The van der Waals surface area contributed by atoms with Crippen molar-refractivity contribution in [2.24, 2.45) is 0 Å². The van der Waals surface area contributed by atoms with Crippen LogP contribution in [0.1, 0.15) is 24.3 Å². The minimum absolute atomic E-state index is 0.192. The average Bonchev–Trinajstić information content (AvgIpc) is 2.55. The molecule has 22 heavy (non-hydrogen) atoms. The van der Waals surface area contributed by atoms with Crippen LogP contribution >= 0.6 is 27.7 Å². The van der Waals surface area contributed by atoms with Gasteiger partial charge in [-0.25, -0.2) is 4.39 Å². The van der Waals surface area contributed by atoms with Crippen LogP contribution in [0.2, 0.25) is 0 Å². The fraction of sp³-hybridized carbons (Fsp3) is 0.222. The molecule has 2 heterocycles. The quantitative estimate of drug-likeness (QED) is 0.705. The number of benzene rings is 1. The molecule has 1 atom stereocenters. The highest BCUT2D eigenvalue weighted by atomic mass is 79.9. The van der Waals surface area contributed by atoms with Gasteiger partial charge in [0.25, 0.3) is 0 Å². The molecule has 112 valence electrons. The standard InChI is InChI=1S/C18H15BrFNS/c19-14-9-11(5-6-15(14)20)18-12-3-1-2-4-16(12)21-17-10-22-8-7-13(17)18/h1,3,5-9,18,21H,2,4,10H2. The van der Waals surface area contributed by atoms with Gasteiger partial charge in [-0.05, 0) is 69.1 Å². The molecule has 1 aliphatic carbocycles. The predicted octanol–water partition coefficient (Wildman–Crippen LogP) is 5.39. The third-order valence-corrected chi connectivity index (χ3v) is 5.72. The highest BCUT2D eigenvalue weighted by Crippen LogP contribution is 2.44. The van der Waals surface area contributed by atoms with Crippen LogP contribution in [0.25, 0.3) is 0 Å². The second kappa shape index (κ2) is 5.74. The summed E-state index contributed by atoms with van der Waals surface area (Å²) in [5.74, 6) is 0.956. The normalized spacial score (nSPS) is 23.3. The smallest absolute Gasteiger partial charge is 0.137 e. The van der Waals surface area contributed by atoms with E-state index in [4.69, 9.17) is 0 Å². The Morgan fingerprint density at radius 2 is 2.05 bits per heavy atom. The van der Waals surface area contributed by atoms with Gasteiger partial charge >= 0.3 is 0 Å². The van der Waals surface area contributed by atoms with Crippen LogP contribution < -0.4 is 5.32 Å². The minimum atomic E-state index is -0.213. The maximum Gasteiger partial charge on any atom is 0.137 e. The van der Waals surface area contributed by atoms with Crippen molar-refractivity contribution in [3.63, 3.8) is 0 Å². The average molecular weight is 376 g/mol. The van der Waals surface area contributed by atoms with Crippen molar-refractivity contribution in [2.45, 2.75) is 18.8 Å². The zero-order valence-corrected chi connectivity index (χ0v) is 14.3. The number of halogens is 2. The molecular formula is C18H15BrFNS. The summed E-state index contributed by atoms with van der Waals surface area (Å²) in [5, 5.41) is 5.79. The molecule has 0 saturated heterocycles. The van der Waals surface area contributed by atoms with Crippen LogP contribution in [0.5, 0.6) is 0 Å². The van der Waals surface area contributed by atoms with E-state index < -0.39 is 0 Å². The first-order chi connectivity index (χ1) is 10.7. The molecular weight excluding hydrogens is 361 g/mol. The molecule has 0 radical (unpaired) electrons. The van der Waals surface area contributed by atoms with E-state index in [2.05, 4.69) is 44.9 Å². The summed E-state index contributed by atoms with van der Waals surface area (Å²) in [6.07, 6.45) is 8.80. The lowest BCUT2D eigenvalue weighted by atomic mass is 9.78. The monoisotopic (exact) mass is 375 g/mol. The second-order valence-electron chi connectivity index (χ2n) is 5.65. The summed E-state index contributed by atoms with van der Waals surface area (Å²) in [6.45, 7) is 0. The van der Waals surface area contributed by atoms with Gasteiger partial charge < -0.3 is 5.32 Å². The number of nitrogens with one attached hydrogen (secondary N) is 1. The SMILES string of the molecule is Fc1ccc(C2C3=C(CCC=C3)NC3=C2C=CSC3)cc1Br. The predicted molar refractivity (Wildman–Crippen MR) is 94.0 cm³/mol. The van der Waals surface area contributed by atoms with Crippen LogP contribution in [0.3, 0.4) is 0 Å². The van der Waals surface area contributed by atoms with Gasteiger partial charge in [-0.3, -0.25) is 0 Å². The molecule has 4 rings (SSSR count). The fourth-order valence-electron chi connectivity index (χ4n) is 3.30. The highest BCUT2D eigenvalue weighted by Gasteiger charge is 2.30. The summed E-state index contributed by atoms with van der Waals surface area (Å²) < 4.78 is 14.1. The lowest BCUT2D eigenvalue weighted by Gasteiger charge is -2.35. The Balaban J connectivity index is 1.87. The minimum Gasteiger partial charge on any atom is -0.361 e. The number of thioether (sulfide) groups is 1. The Kier molecular flexibility index (Phi) is 3.74. The van der Waals surface area contributed by atoms with Crippen molar-refractivity contribution in [1.29, 1.82) is 0 Å². The molecule has 0 saturated carbocycles. The Labute approximate surface area is 142 Å². The van der Waals surface area contributed by atoms with Crippen LogP contribution in [0, 0.1) is 5.82 Å². The lowest BCUT2D eigenvalue weighted by molar-refractivity contribution is 0.619. The van der Waals surface area contributed by atoms with Gasteiger partial charge in [0.15, 0.2) is 0 Å². The maximum absolute atomic E-state index is 13.6. The molecule has 1 unspecified atom stereocenters. The van der Waals surface area contributed by atoms with Crippen molar-refractivity contribution < 1.29 is 4.39 Å². The number of allylic oxidation sites excluding steroid dienone is 6. The largest absolute Gasteiger partial charge is 0.361 e. The second-order valence-corrected chi connectivity index (χ2v) is 7.40. The first-order valence-corrected chi connectivity index (χ1v) is 9.21. The molecule has 1 aromatic carbocycles. The molecule has 0 spiro atoms. The van der Waals surface area contributed by atoms with E-state index in [1.165, 1.54) is 22.5 Å². The Bertz CT molecular complexity index is 722. The topological polar surface area (TPSA) is 12.0 Å². The van der Waals surface area contributed by atoms with Gasteiger partial charge in [-0.1, -0.05) is 18.2 Å². The van der Waals surface area contributed by atoms with Crippen LogP contribution in [0.4, 0.5) is 4.39 Å². The third kappa shape index (κ3) is 2.38. The fourth-order valence-corrected chi connectivity index (χ4v) is 4.45. The van der Waals surface area contributed by atoms with Crippen molar-refractivity contribution in [3.8, 4) is 0 Å². The molecule has 1 nitrogen and oxygen atoms in total. The molecule has 1 N–H and O–H groups in total. The van der Waals surface area contributed by atoms with E-state index in [-0.39, 0.29) is 11.7 Å². The van der Waals surface area contributed by atoms with Gasteiger partial charge in [0.2, 0.25) is 0 Å². The zero-order valence-electron chi connectivity index (χ0n) is 11.9. The molecule has 0 aromatic heterocycles. The van der Waals surface area contributed by atoms with Crippen LogP contribution in [0.15, 0.2) is 68.8 Å². The molecule has 1 aromatic rings. The lowest BCUT2D eigenvalue weighted by Crippen LogP contribution is -2.28. The molecule has 0 fully saturated rings. The van der Waals surface area contributed by atoms with Gasteiger partial charge in [-0.15, -0.1) is 11.8 Å².